The standard InChI is InChI=1S/C21H23N5O2/c1-5-10-25-12-18(13(2)23-25)17-11-19(27)22-21-20(17)14(3)24-26(21)15-6-8-16(28-4)9-7-15/h5-9,12,17H,1,10-11H2,2-4H3,(H,22,27). The lowest BCUT2D eigenvalue weighted by atomic mass is 9.86. The Hall–Kier alpha value is -3.35. The number of nitrogens with one attached hydrogen (secondary N) is 1. The molecule has 1 N–H and O–H groups in total. The molecule has 0 saturated carbocycles. The van der Waals surface area contributed by atoms with Gasteiger partial charge in [-0.25, -0.2) is 4.68 Å². The molecule has 28 heavy (non-hydrogen) atoms. The smallest absolute Gasteiger partial charge is 0.226 e. The Morgan fingerprint density at radius 2 is 2.00 bits per heavy atom. The maximum atomic E-state index is 12.5. The zero-order valence-corrected chi connectivity index (χ0v) is 16.3. The quantitative estimate of drug-likeness (QED) is 0.692. The summed E-state index contributed by atoms with van der Waals surface area (Å²) in [5.41, 5.74) is 4.77. The second-order valence-electron chi connectivity index (χ2n) is 6.94. The van der Waals surface area contributed by atoms with E-state index in [1.807, 2.05) is 55.1 Å². The lowest BCUT2D eigenvalue weighted by molar-refractivity contribution is -0.116. The topological polar surface area (TPSA) is 74.0 Å². The first-order chi connectivity index (χ1) is 13.5. The zero-order chi connectivity index (χ0) is 19.8. The van der Waals surface area contributed by atoms with Gasteiger partial charge in [-0.15, -0.1) is 6.58 Å². The second kappa shape index (κ2) is 6.99. The van der Waals surface area contributed by atoms with Crippen molar-refractivity contribution in [2.75, 3.05) is 12.4 Å². The zero-order valence-electron chi connectivity index (χ0n) is 16.3. The van der Waals surface area contributed by atoms with Gasteiger partial charge in [-0.05, 0) is 38.1 Å². The number of allylic oxidation sites excluding steroid dienone is 1. The van der Waals surface area contributed by atoms with Crippen LogP contribution in [0.25, 0.3) is 5.69 Å². The van der Waals surface area contributed by atoms with Gasteiger partial charge in [0.1, 0.15) is 11.6 Å². The molecule has 0 saturated heterocycles. The van der Waals surface area contributed by atoms with Gasteiger partial charge >= 0.3 is 0 Å². The number of methoxy groups -OCH3 is 1. The van der Waals surface area contributed by atoms with Crippen LogP contribution in [0.3, 0.4) is 0 Å². The van der Waals surface area contributed by atoms with E-state index in [0.717, 1.165) is 39.8 Å². The maximum Gasteiger partial charge on any atom is 0.226 e. The Morgan fingerprint density at radius 3 is 2.68 bits per heavy atom. The van der Waals surface area contributed by atoms with Crippen LogP contribution in [0.2, 0.25) is 0 Å². The fraction of sp³-hybridized carbons (Fsp3) is 0.286. The molecule has 7 heteroatoms. The van der Waals surface area contributed by atoms with E-state index < -0.39 is 0 Å². The first kappa shape index (κ1) is 18.0. The van der Waals surface area contributed by atoms with Crippen LogP contribution in [0.1, 0.15) is 34.9 Å². The van der Waals surface area contributed by atoms with Crippen molar-refractivity contribution in [3.05, 3.63) is 65.6 Å². The van der Waals surface area contributed by atoms with E-state index in [4.69, 9.17) is 9.84 Å². The molecule has 1 aliphatic rings. The summed E-state index contributed by atoms with van der Waals surface area (Å²) >= 11 is 0. The Labute approximate surface area is 163 Å². The monoisotopic (exact) mass is 377 g/mol. The number of benzene rings is 1. The molecule has 7 nitrogen and oxygen atoms in total. The summed E-state index contributed by atoms with van der Waals surface area (Å²) in [4.78, 5) is 12.5. The van der Waals surface area contributed by atoms with Gasteiger partial charge < -0.3 is 10.1 Å². The van der Waals surface area contributed by atoms with E-state index in [0.29, 0.717) is 13.0 Å². The molecule has 1 atom stereocenters. The van der Waals surface area contributed by atoms with Crippen LogP contribution in [0.15, 0.2) is 43.1 Å². The second-order valence-corrected chi connectivity index (χ2v) is 6.94. The van der Waals surface area contributed by atoms with Gasteiger partial charge in [0, 0.05) is 29.7 Å². The highest BCUT2D eigenvalue weighted by atomic mass is 16.5. The molecule has 1 aromatic carbocycles. The van der Waals surface area contributed by atoms with E-state index >= 15 is 0 Å². The fourth-order valence-electron chi connectivity index (χ4n) is 3.82. The number of amides is 1. The van der Waals surface area contributed by atoms with Crippen molar-refractivity contribution < 1.29 is 9.53 Å². The summed E-state index contributed by atoms with van der Waals surface area (Å²) in [6, 6.07) is 7.61. The van der Waals surface area contributed by atoms with Crippen LogP contribution < -0.4 is 10.1 Å². The normalized spacial score (nSPS) is 15.8. The van der Waals surface area contributed by atoms with Crippen LogP contribution in [-0.2, 0) is 11.3 Å². The molecule has 144 valence electrons. The summed E-state index contributed by atoms with van der Waals surface area (Å²) < 4.78 is 8.88. The number of nitrogens with zero attached hydrogens (tertiary/aromatic N) is 4. The van der Waals surface area contributed by atoms with Gasteiger partial charge in [0.25, 0.3) is 0 Å². The fourth-order valence-corrected chi connectivity index (χ4v) is 3.82. The van der Waals surface area contributed by atoms with Crippen molar-refractivity contribution in [1.82, 2.24) is 19.6 Å². The minimum Gasteiger partial charge on any atom is -0.497 e. The van der Waals surface area contributed by atoms with Gasteiger partial charge in [0.2, 0.25) is 5.91 Å². The molecule has 0 bridgehead atoms. The number of hydrogen-bond acceptors (Lipinski definition) is 4. The highest BCUT2D eigenvalue weighted by Gasteiger charge is 2.34. The Balaban J connectivity index is 1.82. The Bertz CT molecular complexity index is 1050. The molecular formula is C21H23N5O2. The number of rotatable bonds is 5. The average Bonchev–Trinajstić information content (AvgIpc) is 3.21. The lowest BCUT2D eigenvalue weighted by Gasteiger charge is -2.24. The van der Waals surface area contributed by atoms with Crippen LogP contribution >= 0.6 is 0 Å². The maximum absolute atomic E-state index is 12.5. The van der Waals surface area contributed by atoms with E-state index in [1.54, 1.807) is 11.8 Å². The summed E-state index contributed by atoms with van der Waals surface area (Å²) in [7, 11) is 1.63. The van der Waals surface area contributed by atoms with Crippen molar-refractivity contribution in [3.63, 3.8) is 0 Å². The molecule has 0 spiro atoms. The molecule has 2 aromatic heterocycles. The van der Waals surface area contributed by atoms with Gasteiger partial charge in [-0.1, -0.05) is 6.08 Å². The van der Waals surface area contributed by atoms with Crippen LogP contribution in [0, 0.1) is 13.8 Å². The number of aromatic nitrogens is 4. The van der Waals surface area contributed by atoms with Crippen LogP contribution in [-0.4, -0.2) is 32.6 Å². The number of hydrogen-bond donors (Lipinski definition) is 1. The average molecular weight is 377 g/mol. The van der Waals surface area contributed by atoms with Crippen LogP contribution in [0.5, 0.6) is 5.75 Å². The first-order valence-corrected chi connectivity index (χ1v) is 9.20. The predicted molar refractivity (Wildman–Crippen MR) is 107 cm³/mol. The van der Waals surface area contributed by atoms with Gasteiger partial charge in [-0.2, -0.15) is 10.2 Å². The van der Waals surface area contributed by atoms with Gasteiger partial charge in [0.15, 0.2) is 0 Å². The van der Waals surface area contributed by atoms with Crippen molar-refractivity contribution in [3.8, 4) is 11.4 Å². The van der Waals surface area contributed by atoms with E-state index in [9.17, 15) is 4.79 Å². The number of anilines is 1. The molecule has 1 unspecified atom stereocenters. The molecule has 3 aromatic rings. The van der Waals surface area contributed by atoms with E-state index in [2.05, 4.69) is 17.0 Å². The van der Waals surface area contributed by atoms with Crippen molar-refractivity contribution in [2.45, 2.75) is 32.7 Å². The summed E-state index contributed by atoms with van der Waals surface area (Å²) in [5.74, 6) is 1.39. The first-order valence-electron chi connectivity index (χ1n) is 9.20. The molecule has 4 rings (SSSR count). The Kier molecular flexibility index (Phi) is 4.50. The number of aryl methyl sites for hydroxylation is 2. The van der Waals surface area contributed by atoms with Crippen LogP contribution in [0.4, 0.5) is 5.82 Å². The number of carbonyl (C=O) groups excluding carboxylic acids is 1. The van der Waals surface area contributed by atoms with Crippen molar-refractivity contribution >= 4 is 11.7 Å². The molecule has 0 radical (unpaired) electrons. The molecule has 0 aliphatic carbocycles. The minimum atomic E-state index is -0.0747. The van der Waals surface area contributed by atoms with E-state index in [1.165, 1.54) is 0 Å². The molecule has 3 heterocycles. The van der Waals surface area contributed by atoms with Gasteiger partial charge in [-0.3, -0.25) is 9.48 Å². The predicted octanol–water partition coefficient (Wildman–Crippen LogP) is 3.35. The third-order valence-corrected chi connectivity index (χ3v) is 5.10. The van der Waals surface area contributed by atoms with Crippen molar-refractivity contribution in [2.24, 2.45) is 0 Å². The summed E-state index contributed by atoms with van der Waals surface area (Å²) in [5, 5.41) is 12.3. The number of fused-ring (bicyclic) bond motifs is 1. The molecule has 1 amide bonds. The van der Waals surface area contributed by atoms with Crippen molar-refractivity contribution in [1.29, 1.82) is 0 Å². The van der Waals surface area contributed by atoms with Gasteiger partial charge in [0.05, 0.1) is 30.7 Å². The number of carbonyl (C=O) groups is 1. The van der Waals surface area contributed by atoms with E-state index in [-0.39, 0.29) is 11.8 Å². The highest BCUT2D eigenvalue weighted by molar-refractivity contribution is 5.95. The highest BCUT2D eigenvalue weighted by Crippen LogP contribution is 2.41. The molecule has 1 aliphatic heterocycles. The SMILES string of the molecule is C=CCn1cc(C2CC(=O)Nc3c2c(C)nn3-c2ccc(OC)cc2)c(C)n1. The molecule has 0 fully saturated rings. The Morgan fingerprint density at radius 1 is 1.25 bits per heavy atom. The summed E-state index contributed by atoms with van der Waals surface area (Å²) in [6.07, 6.45) is 4.19. The third kappa shape index (κ3) is 2.98. The molecular weight excluding hydrogens is 354 g/mol. The minimum absolute atomic E-state index is 0.0250. The number of ether oxygens (including phenoxy) is 1. The lowest BCUT2D eigenvalue weighted by Crippen LogP contribution is -2.25. The third-order valence-electron chi connectivity index (χ3n) is 5.10. The largest absolute Gasteiger partial charge is 0.497 e. The summed E-state index contributed by atoms with van der Waals surface area (Å²) in [6.45, 7) is 8.36.